The molecule has 0 aromatic carbocycles. The van der Waals surface area contributed by atoms with Gasteiger partial charge in [-0.05, 0) is 5.92 Å². The van der Waals surface area contributed by atoms with E-state index in [4.69, 9.17) is 4.42 Å². The maximum absolute atomic E-state index is 11.8. The Bertz CT molecular complexity index is 393. The van der Waals surface area contributed by atoms with Crippen molar-refractivity contribution in [2.24, 2.45) is 5.92 Å². The lowest BCUT2D eigenvalue weighted by molar-refractivity contribution is -0.116. The van der Waals surface area contributed by atoms with E-state index in [1.807, 2.05) is 34.6 Å². The van der Waals surface area contributed by atoms with Crippen molar-refractivity contribution in [1.82, 2.24) is 4.98 Å². The van der Waals surface area contributed by atoms with Gasteiger partial charge in [-0.1, -0.05) is 50.5 Å². The van der Waals surface area contributed by atoms with Gasteiger partial charge < -0.3 is 4.42 Å². The van der Waals surface area contributed by atoms with E-state index in [-0.39, 0.29) is 28.1 Å². The van der Waals surface area contributed by atoms with E-state index in [0.717, 1.165) is 5.76 Å². The van der Waals surface area contributed by atoms with E-state index in [1.54, 1.807) is 6.20 Å². The first-order valence-electron chi connectivity index (χ1n) is 5.63. The van der Waals surface area contributed by atoms with Crippen molar-refractivity contribution in [2.45, 2.75) is 44.9 Å². The maximum atomic E-state index is 11.8. The first-order chi connectivity index (χ1) is 7.71. The molecule has 0 bridgehead atoms. The van der Waals surface area contributed by atoms with Gasteiger partial charge in [0.05, 0.1) is 11.0 Å². The minimum atomic E-state index is -0.243. The molecule has 0 saturated heterocycles. The summed E-state index contributed by atoms with van der Waals surface area (Å²) in [7, 11) is 0. The molecule has 4 nitrogen and oxygen atoms in total. The van der Waals surface area contributed by atoms with Gasteiger partial charge in [-0.25, -0.2) is 4.98 Å². The van der Waals surface area contributed by atoms with Crippen LogP contribution in [-0.2, 0) is 10.2 Å². The van der Waals surface area contributed by atoms with E-state index >= 15 is 0 Å². The maximum Gasteiger partial charge on any atom is 0.301 e. The summed E-state index contributed by atoms with van der Waals surface area (Å²) in [5.41, 5.74) is -0.109. The Labute approximate surface area is 110 Å². The van der Waals surface area contributed by atoms with Crippen LogP contribution in [-0.4, -0.2) is 15.7 Å². The van der Waals surface area contributed by atoms with Crippen molar-refractivity contribution in [3.8, 4) is 0 Å². The highest BCUT2D eigenvalue weighted by Gasteiger charge is 2.23. The molecule has 1 amide bonds. The predicted molar refractivity (Wildman–Crippen MR) is 71.4 cm³/mol. The lowest BCUT2D eigenvalue weighted by atomic mass is 9.94. The molecule has 1 heterocycles. The highest BCUT2D eigenvalue weighted by atomic mass is 79.9. The van der Waals surface area contributed by atoms with Crippen molar-refractivity contribution in [2.75, 3.05) is 5.32 Å². The average molecular weight is 303 g/mol. The zero-order chi connectivity index (χ0) is 13.2. The topological polar surface area (TPSA) is 55.1 Å². The molecular formula is C12H19BrN2O2. The fourth-order valence-electron chi connectivity index (χ4n) is 1.16. The number of anilines is 1. The lowest BCUT2D eigenvalue weighted by Gasteiger charge is -2.14. The highest BCUT2D eigenvalue weighted by molar-refractivity contribution is 9.10. The van der Waals surface area contributed by atoms with Gasteiger partial charge in [0.25, 0.3) is 0 Å². The Balaban J connectivity index is 2.71. The molecule has 1 rings (SSSR count). The number of aromatic nitrogens is 1. The number of hydrogen-bond acceptors (Lipinski definition) is 3. The summed E-state index contributed by atoms with van der Waals surface area (Å²) in [5.74, 6) is 0.831. The Morgan fingerprint density at radius 3 is 2.47 bits per heavy atom. The van der Waals surface area contributed by atoms with Gasteiger partial charge in [-0.15, -0.1) is 0 Å². The summed E-state index contributed by atoms with van der Waals surface area (Å²) in [5, 5.41) is 2.65. The third-order valence-electron chi connectivity index (χ3n) is 2.31. The molecule has 0 saturated carbocycles. The summed E-state index contributed by atoms with van der Waals surface area (Å²) in [6.07, 6.45) is 1.65. The van der Waals surface area contributed by atoms with Gasteiger partial charge in [0.15, 0.2) is 0 Å². The van der Waals surface area contributed by atoms with Crippen LogP contribution >= 0.6 is 15.9 Å². The van der Waals surface area contributed by atoms with Gasteiger partial charge in [0, 0.05) is 5.41 Å². The van der Waals surface area contributed by atoms with Crippen LogP contribution in [0.25, 0.3) is 0 Å². The number of oxazole rings is 1. The quantitative estimate of drug-likeness (QED) is 0.871. The normalized spacial score (nSPS) is 13.8. The van der Waals surface area contributed by atoms with Crippen molar-refractivity contribution in [3.63, 3.8) is 0 Å². The molecule has 1 atom stereocenters. The summed E-state index contributed by atoms with van der Waals surface area (Å²) in [6.45, 7) is 10.0. The van der Waals surface area contributed by atoms with Crippen LogP contribution in [0.2, 0.25) is 0 Å². The number of halogens is 1. The van der Waals surface area contributed by atoms with Crippen molar-refractivity contribution in [1.29, 1.82) is 0 Å². The number of nitrogens with one attached hydrogen (secondary N) is 1. The number of carbonyl (C=O) groups is 1. The molecule has 0 spiro atoms. The van der Waals surface area contributed by atoms with Gasteiger partial charge >= 0.3 is 6.01 Å². The second kappa shape index (κ2) is 5.21. The molecule has 0 aliphatic heterocycles. The fraction of sp³-hybridized carbons (Fsp3) is 0.667. The number of alkyl halides is 1. The standard InChI is InChI=1S/C12H19BrN2O2/c1-7(2)9(13)10(16)15-11-14-6-8(17-11)12(3,4)5/h6-7,9H,1-5H3,(H,14,15,16). The number of hydrogen-bond donors (Lipinski definition) is 1. The van der Waals surface area contributed by atoms with Crippen LogP contribution in [0.3, 0.4) is 0 Å². The molecule has 0 aliphatic carbocycles. The van der Waals surface area contributed by atoms with Crippen LogP contribution in [0.15, 0.2) is 10.6 Å². The Morgan fingerprint density at radius 2 is 2.06 bits per heavy atom. The van der Waals surface area contributed by atoms with E-state index < -0.39 is 0 Å². The first kappa shape index (κ1) is 14.2. The number of amides is 1. The predicted octanol–water partition coefficient (Wildman–Crippen LogP) is 3.33. The molecule has 17 heavy (non-hydrogen) atoms. The molecule has 1 N–H and O–H groups in total. The monoisotopic (exact) mass is 302 g/mol. The second-order valence-corrected chi connectivity index (χ2v) is 6.40. The molecule has 0 fully saturated rings. The summed E-state index contributed by atoms with van der Waals surface area (Å²) in [4.78, 5) is 15.6. The molecule has 96 valence electrons. The minimum absolute atomic E-state index is 0.109. The Morgan fingerprint density at radius 1 is 1.47 bits per heavy atom. The van der Waals surface area contributed by atoms with Gasteiger partial charge in [0.2, 0.25) is 5.91 Å². The lowest BCUT2D eigenvalue weighted by Crippen LogP contribution is -2.27. The van der Waals surface area contributed by atoms with E-state index in [1.165, 1.54) is 0 Å². The van der Waals surface area contributed by atoms with Gasteiger partial charge in [0.1, 0.15) is 5.76 Å². The van der Waals surface area contributed by atoms with Crippen molar-refractivity contribution in [3.05, 3.63) is 12.0 Å². The van der Waals surface area contributed by atoms with E-state index in [9.17, 15) is 4.79 Å². The third-order valence-corrected chi connectivity index (χ3v) is 3.78. The van der Waals surface area contributed by atoms with Crippen LogP contribution in [0.5, 0.6) is 0 Å². The Hall–Kier alpha value is -0.840. The molecule has 1 unspecified atom stereocenters. The van der Waals surface area contributed by atoms with E-state index in [0.29, 0.717) is 0 Å². The van der Waals surface area contributed by atoms with Crippen LogP contribution in [0.1, 0.15) is 40.4 Å². The smallest absolute Gasteiger partial charge is 0.301 e. The van der Waals surface area contributed by atoms with Gasteiger partial charge in [-0.3, -0.25) is 10.1 Å². The zero-order valence-corrected chi connectivity index (χ0v) is 12.5. The summed E-state index contributed by atoms with van der Waals surface area (Å²) in [6, 6.07) is 0.255. The molecule has 1 aromatic heterocycles. The number of carbonyl (C=O) groups excluding carboxylic acids is 1. The van der Waals surface area contributed by atoms with Crippen molar-refractivity contribution < 1.29 is 9.21 Å². The molecule has 0 aliphatic rings. The summed E-state index contributed by atoms with van der Waals surface area (Å²) >= 11 is 3.33. The van der Waals surface area contributed by atoms with Crippen molar-refractivity contribution >= 4 is 27.9 Å². The average Bonchev–Trinajstić information content (AvgIpc) is 2.64. The SMILES string of the molecule is CC(C)C(Br)C(=O)Nc1ncc(C(C)(C)C)o1. The van der Waals surface area contributed by atoms with E-state index in [2.05, 4.69) is 26.2 Å². The van der Waals surface area contributed by atoms with Crippen LogP contribution < -0.4 is 5.32 Å². The minimum Gasteiger partial charge on any atom is -0.428 e. The van der Waals surface area contributed by atoms with Crippen LogP contribution in [0.4, 0.5) is 6.01 Å². The molecular weight excluding hydrogens is 284 g/mol. The Kier molecular flexibility index (Phi) is 4.36. The second-order valence-electron chi connectivity index (χ2n) is 5.41. The largest absolute Gasteiger partial charge is 0.428 e. The molecule has 1 aromatic rings. The van der Waals surface area contributed by atoms with Gasteiger partial charge in [-0.2, -0.15) is 0 Å². The molecule has 5 heteroatoms. The number of rotatable bonds is 3. The first-order valence-corrected chi connectivity index (χ1v) is 6.54. The molecule has 0 radical (unpaired) electrons. The third kappa shape index (κ3) is 3.84. The number of nitrogens with zero attached hydrogens (tertiary/aromatic N) is 1. The fourth-order valence-corrected chi connectivity index (χ4v) is 1.27. The summed E-state index contributed by atoms with van der Waals surface area (Å²) < 4.78 is 5.48. The highest BCUT2D eigenvalue weighted by Crippen LogP contribution is 2.24. The zero-order valence-electron chi connectivity index (χ0n) is 10.9. The van der Waals surface area contributed by atoms with Crippen LogP contribution in [0, 0.1) is 5.92 Å².